The van der Waals surface area contributed by atoms with Crippen molar-refractivity contribution in [3.63, 3.8) is 0 Å². The van der Waals surface area contributed by atoms with Gasteiger partial charge in [0.25, 0.3) is 0 Å². The van der Waals surface area contributed by atoms with Gasteiger partial charge in [0.2, 0.25) is 0 Å². The van der Waals surface area contributed by atoms with E-state index >= 15 is 0 Å². The van der Waals surface area contributed by atoms with Gasteiger partial charge in [-0.15, -0.1) is 12.6 Å². The van der Waals surface area contributed by atoms with Gasteiger partial charge in [-0.25, -0.2) is 4.98 Å². The van der Waals surface area contributed by atoms with Gasteiger partial charge in [0.1, 0.15) is 5.52 Å². The van der Waals surface area contributed by atoms with Gasteiger partial charge in [0.15, 0.2) is 11.5 Å². The Bertz CT molecular complexity index is 448. The van der Waals surface area contributed by atoms with E-state index in [0.29, 0.717) is 0 Å². The fourth-order valence-corrected chi connectivity index (χ4v) is 1.69. The first-order valence-corrected chi connectivity index (χ1v) is 5.74. The van der Waals surface area contributed by atoms with Gasteiger partial charge in [-0.3, -0.25) is 0 Å². The largest absolute Gasteiger partial charge is 0.441 e. The summed E-state index contributed by atoms with van der Waals surface area (Å²) in [6.07, 6.45) is 0.829. The summed E-state index contributed by atoms with van der Waals surface area (Å²) in [7, 11) is 0. The van der Waals surface area contributed by atoms with E-state index in [2.05, 4.69) is 17.6 Å². The summed E-state index contributed by atoms with van der Waals surface area (Å²) in [4.78, 5) is 5.29. The van der Waals surface area contributed by atoms with E-state index in [1.165, 1.54) is 0 Å². The Morgan fingerprint density at radius 2 is 2.00 bits per heavy atom. The van der Waals surface area contributed by atoms with Gasteiger partial charge in [0, 0.05) is 11.3 Å². The van der Waals surface area contributed by atoms with E-state index in [1.807, 2.05) is 39.8 Å². The lowest BCUT2D eigenvalue weighted by Gasteiger charge is -1.94. The molecule has 0 amide bonds. The van der Waals surface area contributed by atoms with Crippen molar-refractivity contribution >= 4 is 23.7 Å². The number of thiol groups is 1. The summed E-state index contributed by atoms with van der Waals surface area (Å²) in [5.41, 5.74) is 2.91. The van der Waals surface area contributed by atoms with Crippen LogP contribution in [0.4, 0.5) is 0 Å². The van der Waals surface area contributed by atoms with Crippen LogP contribution in [0.5, 0.6) is 0 Å². The van der Waals surface area contributed by atoms with Gasteiger partial charge in [-0.1, -0.05) is 20.8 Å². The van der Waals surface area contributed by atoms with E-state index in [9.17, 15) is 0 Å². The molecule has 0 aliphatic heterocycles. The quantitative estimate of drug-likeness (QED) is 0.739. The molecule has 1 heterocycles. The molecular weight excluding hydrogens is 206 g/mol. The zero-order valence-electron chi connectivity index (χ0n) is 9.66. The molecule has 15 heavy (non-hydrogen) atoms. The van der Waals surface area contributed by atoms with Crippen LogP contribution in [0.3, 0.4) is 0 Å². The number of benzene rings is 1. The van der Waals surface area contributed by atoms with Crippen molar-refractivity contribution in [2.24, 2.45) is 0 Å². The SMILES string of the molecule is CC.CCc1nc2c(C)cc(S)cc2o1. The monoisotopic (exact) mass is 223 g/mol. The highest BCUT2D eigenvalue weighted by atomic mass is 32.1. The zero-order chi connectivity index (χ0) is 11.4. The number of fused-ring (bicyclic) bond motifs is 1. The van der Waals surface area contributed by atoms with Crippen molar-refractivity contribution in [2.45, 2.75) is 39.0 Å². The molecule has 0 atom stereocenters. The molecule has 0 aliphatic rings. The van der Waals surface area contributed by atoms with Crippen molar-refractivity contribution in [2.75, 3.05) is 0 Å². The van der Waals surface area contributed by atoms with E-state index in [1.54, 1.807) is 0 Å². The van der Waals surface area contributed by atoms with Crippen LogP contribution in [-0.2, 0) is 6.42 Å². The van der Waals surface area contributed by atoms with Crippen LogP contribution < -0.4 is 0 Å². The Hall–Kier alpha value is -0.960. The van der Waals surface area contributed by atoms with E-state index in [4.69, 9.17) is 4.42 Å². The fraction of sp³-hybridized carbons (Fsp3) is 0.417. The Morgan fingerprint density at radius 3 is 2.60 bits per heavy atom. The van der Waals surface area contributed by atoms with Crippen LogP contribution in [-0.4, -0.2) is 4.98 Å². The maximum absolute atomic E-state index is 5.52. The molecule has 2 rings (SSSR count). The van der Waals surface area contributed by atoms with Crippen LogP contribution in [0.2, 0.25) is 0 Å². The molecule has 1 aromatic carbocycles. The molecule has 0 N–H and O–H groups in total. The summed E-state index contributed by atoms with van der Waals surface area (Å²) in [6, 6.07) is 3.89. The second-order valence-electron chi connectivity index (χ2n) is 3.07. The molecule has 0 saturated carbocycles. The van der Waals surface area contributed by atoms with Crippen LogP contribution in [0.15, 0.2) is 21.4 Å². The summed E-state index contributed by atoms with van der Waals surface area (Å²) in [6.45, 7) is 8.05. The molecule has 0 bridgehead atoms. The number of aromatic nitrogens is 1. The highest BCUT2D eigenvalue weighted by Gasteiger charge is 2.06. The minimum atomic E-state index is 0.789. The lowest BCUT2D eigenvalue weighted by molar-refractivity contribution is 0.537. The maximum Gasteiger partial charge on any atom is 0.195 e. The molecule has 0 spiro atoms. The summed E-state index contributed by atoms with van der Waals surface area (Å²) in [5.74, 6) is 0.789. The predicted molar refractivity (Wildman–Crippen MR) is 66.7 cm³/mol. The third kappa shape index (κ3) is 2.53. The summed E-state index contributed by atoms with van der Waals surface area (Å²) >= 11 is 4.28. The first-order chi connectivity index (χ1) is 7.20. The van der Waals surface area contributed by atoms with Gasteiger partial charge in [0.05, 0.1) is 0 Å². The number of rotatable bonds is 1. The van der Waals surface area contributed by atoms with E-state index in [-0.39, 0.29) is 0 Å². The zero-order valence-corrected chi connectivity index (χ0v) is 10.6. The Morgan fingerprint density at radius 1 is 1.33 bits per heavy atom. The molecule has 0 aliphatic carbocycles. The number of nitrogens with zero attached hydrogens (tertiary/aromatic N) is 1. The van der Waals surface area contributed by atoms with Crippen LogP contribution in [0.25, 0.3) is 11.1 Å². The first-order valence-electron chi connectivity index (χ1n) is 5.29. The van der Waals surface area contributed by atoms with Crippen LogP contribution >= 0.6 is 12.6 Å². The highest BCUT2D eigenvalue weighted by Crippen LogP contribution is 2.23. The van der Waals surface area contributed by atoms with Gasteiger partial charge in [-0.2, -0.15) is 0 Å². The smallest absolute Gasteiger partial charge is 0.195 e. The second kappa shape index (κ2) is 5.21. The Balaban J connectivity index is 0.000000531. The number of aryl methyl sites for hydroxylation is 2. The molecule has 0 fully saturated rings. The lowest BCUT2D eigenvalue weighted by atomic mass is 10.2. The molecule has 0 saturated heterocycles. The first kappa shape index (κ1) is 12.1. The number of oxazole rings is 1. The molecule has 0 unspecified atom stereocenters. The molecule has 3 heteroatoms. The third-order valence-corrected chi connectivity index (χ3v) is 2.28. The Kier molecular flexibility index (Phi) is 4.21. The highest BCUT2D eigenvalue weighted by molar-refractivity contribution is 7.80. The maximum atomic E-state index is 5.52. The van der Waals surface area contributed by atoms with Gasteiger partial charge < -0.3 is 4.42 Å². The number of hydrogen-bond acceptors (Lipinski definition) is 3. The van der Waals surface area contributed by atoms with E-state index < -0.39 is 0 Å². The lowest BCUT2D eigenvalue weighted by Crippen LogP contribution is -1.79. The average Bonchev–Trinajstić information content (AvgIpc) is 2.64. The standard InChI is InChI=1S/C10H11NOS.C2H6/c1-3-9-11-10-6(2)4-7(13)5-8(10)12-9;1-2/h4-5,13H,3H2,1-2H3;1-2H3. The van der Waals surface area contributed by atoms with Gasteiger partial charge >= 0.3 is 0 Å². The van der Waals surface area contributed by atoms with E-state index in [0.717, 1.165) is 33.9 Å². The molecule has 0 radical (unpaired) electrons. The minimum absolute atomic E-state index is 0.789. The molecule has 82 valence electrons. The topological polar surface area (TPSA) is 26.0 Å². The Labute approximate surface area is 96.1 Å². The molecule has 1 aromatic heterocycles. The number of hydrogen-bond donors (Lipinski definition) is 1. The van der Waals surface area contributed by atoms with Gasteiger partial charge in [-0.05, 0) is 24.6 Å². The fourth-order valence-electron chi connectivity index (χ4n) is 1.38. The minimum Gasteiger partial charge on any atom is -0.441 e. The van der Waals surface area contributed by atoms with Crippen LogP contribution in [0, 0.1) is 6.92 Å². The molecular formula is C12H17NOS. The van der Waals surface area contributed by atoms with Crippen molar-refractivity contribution in [1.29, 1.82) is 0 Å². The second-order valence-corrected chi connectivity index (χ2v) is 3.59. The molecule has 2 nitrogen and oxygen atoms in total. The predicted octanol–water partition coefficient (Wildman–Crippen LogP) is 4.01. The normalized spacial score (nSPS) is 9.93. The van der Waals surface area contributed by atoms with Crippen molar-refractivity contribution in [3.05, 3.63) is 23.6 Å². The van der Waals surface area contributed by atoms with Crippen LogP contribution in [0.1, 0.15) is 32.2 Å². The molecule has 2 aromatic rings. The van der Waals surface area contributed by atoms with Crippen molar-refractivity contribution < 1.29 is 4.42 Å². The third-order valence-electron chi connectivity index (χ3n) is 2.02. The summed E-state index contributed by atoms with van der Waals surface area (Å²) < 4.78 is 5.52. The average molecular weight is 223 g/mol. The van der Waals surface area contributed by atoms with Crippen molar-refractivity contribution in [3.8, 4) is 0 Å². The summed E-state index contributed by atoms with van der Waals surface area (Å²) in [5, 5.41) is 0. The van der Waals surface area contributed by atoms with Crippen molar-refractivity contribution in [1.82, 2.24) is 4.98 Å².